The zero-order valence-corrected chi connectivity index (χ0v) is 22.9. The summed E-state index contributed by atoms with van der Waals surface area (Å²) in [5, 5.41) is 2.91. The Morgan fingerprint density at radius 1 is 1.03 bits per heavy atom. The summed E-state index contributed by atoms with van der Waals surface area (Å²) in [6, 6.07) is 9.94. The van der Waals surface area contributed by atoms with Crippen molar-refractivity contribution in [3.8, 4) is 11.5 Å². The molecule has 9 heteroatoms. The quantitative estimate of drug-likeness (QED) is 0.457. The van der Waals surface area contributed by atoms with Crippen LogP contribution in [0.3, 0.4) is 0 Å². The molecule has 36 heavy (non-hydrogen) atoms. The standard InChI is InChI=1S/C27H39N3O5S/c1-20-9-13-29(14-10-20)12-6-11-28-27(31)19-30(23-16-21(2)15-22(3)17-23)36(32,33)24-7-8-25(34-4)26(18-24)35-5/h7-8,15-18,20H,6,9-14,19H2,1-5H3,(H,28,31). The van der Waals surface area contributed by atoms with Crippen molar-refractivity contribution in [3.63, 3.8) is 0 Å². The van der Waals surface area contributed by atoms with Gasteiger partial charge in [0.05, 0.1) is 24.8 Å². The molecule has 0 bridgehead atoms. The van der Waals surface area contributed by atoms with Crippen molar-refractivity contribution < 1.29 is 22.7 Å². The van der Waals surface area contributed by atoms with Gasteiger partial charge in [-0.05, 0) is 94.1 Å². The van der Waals surface area contributed by atoms with Gasteiger partial charge >= 0.3 is 0 Å². The minimum absolute atomic E-state index is 0.0198. The Hall–Kier alpha value is -2.78. The van der Waals surface area contributed by atoms with Gasteiger partial charge in [0.1, 0.15) is 6.54 Å². The van der Waals surface area contributed by atoms with Crippen LogP contribution in [0.15, 0.2) is 41.3 Å². The van der Waals surface area contributed by atoms with Crippen LogP contribution in [-0.2, 0) is 14.8 Å². The Morgan fingerprint density at radius 2 is 1.67 bits per heavy atom. The number of nitrogens with zero attached hydrogens (tertiary/aromatic N) is 2. The first kappa shape index (κ1) is 27.8. The van der Waals surface area contributed by atoms with Crippen molar-refractivity contribution in [2.75, 3.05) is 51.2 Å². The van der Waals surface area contributed by atoms with Crippen LogP contribution in [0.4, 0.5) is 5.69 Å². The molecule has 0 aliphatic carbocycles. The van der Waals surface area contributed by atoms with Crippen molar-refractivity contribution in [2.24, 2.45) is 5.92 Å². The maximum absolute atomic E-state index is 13.8. The summed E-state index contributed by atoms with van der Waals surface area (Å²) in [6.07, 6.45) is 3.25. The lowest BCUT2D eigenvalue weighted by atomic mass is 9.99. The summed E-state index contributed by atoms with van der Waals surface area (Å²) in [6.45, 7) is 9.40. The predicted molar refractivity (Wildman–Crippen MR) is 142 cm³/mol. The van der Waals surface area contributed by atoms with E-state index in [9.17, 15) is 13.2 Å². The Morgan fingerprint density at radius 3 is 2.28 bits per heavy atom. The van der Waals surface area contributed by atoms with Crippen molar-refractivity contribution in [3.05, 3.63) is 47.5 Å². The maximum atomic E-state index is 13.8. The highest BCUT2D eigenvalue weighted by Gasteiger charge is 2.28. The van der Waals surface area contributed by atoms with Gasteiger partial charge in [-0.1, -0.05) is 13.0 Å². The molecule has 1 amide bonds. The number of anilines is 1. The highest BCUT2D eigenvalue weighted by Crippen LogP contribution is 2.32. The lowest BCUT2D eigenvalue weighted by Gasteiger charge is -2.30. The third kappa shape index (κ3) is 7.13. The van der Waals surface area contributed by atoms with Gasteiger partial charge in [-0.25, -0.2) is 8.42 Å². The lowest BCUT2D eigenvalue weighted by Crippen LogP contribution is -2.42. The molecule has 1 heterocycles. The van der Waals surface area contributed by atoms with Crippen LogP contribution < -0.4 is 19.1 Å². The summed E-state index contributed by atoms with van der Waals surface area (Å²) in [5.41, 5.74) is 2.27. The fraction of sp³-hybridized carbons (Fsp3) is 0.519. The number of methoxy groups -OCH3 is 2. The van der Waals surface area contributed by atoms with E-state index in [0.29, 0.717) is 23.7 Å². The molecule has 1 aliphatic heterocycles. The van der Waals surface area contributed by atoms with Crippen LogP contribution in [0, 0.1) is 19.8 Å². The van der Waals surface area contributed by atoms with Crippen LogP contribution >= 0.6 is 0 Å². The number of rotatable bonds is 11. The number of hydrogen-bond acceptors (Lipinski definition) is 6. The Labute approximate surface area is 215 Å². The molecule has 0 aromatic heterocycles. The molecule has 8 nitrogen and oxygen atoms in total. The zero-order chi connectivity index (χ0) is 26.3. The smallest absolute Gasteiger partial charge is 0.264 e. The summed E-state index contributed by atoms with van der Waals surface area (Å²) in [5.74, 6) is 1.17. The fourth-order valence-corrected chi connectivity index (χ4v) is 5.94. The molecule has 1 saturated heterocycles. The first-order chi connectivity index (χ1) is 17.1. The van der Waals surface area contributed by atoms with Gasteiger partial charge in [0.25, 0.3) is 10.0 Å². The van der Waals surface area contributed by atoms with E-state index in [2.05, 4.69) is 17.1 Å². The van der Waals surface area contributed by atoms with Gasteiger partial charge in [0.15, 0.2) is 11.5 Å². The monoisotopic (exact) mass is 517 g/mol. The minimum Gasteiger partial charge on any atom is -0.493 e. The van der Waals surface area contributed by atoms with Gasteiger partial charge in [0.2, 0.25) is 5.91 Å². The second-order valence-corrected chi connectivity index (χ2v) is 11.5. The molecular formula is C27H39N3O5S. The number of carbonyl (C=O) groups is 1. The molecule has 1 aliphatic rings. The first-order valence-electron chi connectivity index (χ1n) is 12.5. The van der Waals surface area contributed by atoms with Crippen molar-refractivity contribution >= 4 is 21.6 Å². The van der Waals surface area contributed by atoms with Crippen LogP contribution in [0.1, 0.15) is 37.3 Å². The number of aryl methyl sites for hydroxylation is 2. The largest absolute Gasteiger partial charge is 0.493 e. The molecule has 198 valence electrons. The van der Waals surface area contributed by atoms with Crippen molar-refractivity contribution in [1.29, 1.82) is 0 Å². The number of nitrogens with one attached hydrogen (secondary N) is 1. The van der Waals surface area contributed by atoms with Crippen LogP contribution in [0.2, 0.25) is 0 Å². The number of amides is 1. The normalized spacial score (nSPS) is 14.9. The fourth-order valence-electron chi connectivity index (χ4n) is 4.52. The zero-order valence-electron chi connectivity index (χ0n) is 22.0. The van der Waals surface area contributed by atoms with E-state index in [1.165, 1.54) is 39.2 Å². The Balaban J connectivity index is 1.76. The minimum atomic E-state index is -4.06. The highest BCUT2D eigenvalue weighted by atomic mass is 32.2. The topological polar surface area (TPSA) is 88.2 Å². The highest BCUT2D eigenvalue weighted by molar-refractivity contribution is 7.92. The lowest BCUT2D eigenvalue weighted by molar-refractivity contribution is -0.119. The number of ether oxygens (including phenoxy) is 2. The first-order valence-corrected chi connectivity index (χ1v) is 13.9. The number of benzene rings is 2. The van der Waals surface area contributed by atoms with E-state index in [1.54, 1.807) is 18.2 Å². The molecule has 0 unspecified atom stereocenters. The molecule has 3 rings (SSSR count). The van der Waals surface area contributed by atoms with Gasteiger partial charge in [-0.2, -0.15) is 0 Å². The number of likely N-dealkylation sites (tertiary alicyclic amines) is 1. The number of hydrogen-bond donors (Lipinski definition) is 1. The summed E-state index contributed by atoms with van der Waals surface area (Å²) >= 11 is 0. The number of piperidine rings is 1. The van der Waals surface area contributed by atoms with E-state index in [4.69, 9.17) is 9.47 Å². The van der Waals surface area contributed by atoms with Crippen LogP contribution in [0.5, 0.6) is 11.5 Å². The molecule has 2 aromatic rings. The van der Waals surface area contributed by atoms with Gasteiger partial charge < -0.3 is 19.7 Å². The molecule has 1 N–H and O–H groups in total. The maximum Gasteiger partial charge on any atom is 0.264 e. The van der Waals surface area contributed by atoms with Gasteiger partial charge in [0, 0.05) is 12.6 Å². The third-order valence-electron chi connectivity index (χ3n) is 6.57. The van der Waals surface area contributed by atoms with E-state index in [-0.39, 0.29) is 17.3 Å². The summed E-state index contributed by atoms with van der Waals surface area (Å²) in [7, 11) is -1.12. The predicted octanol–water partition coefficient (Wildman–Crippen LogP) is 3.75. The summed E-state index contributed by atoms with van der Waals surface area (Å²) in [4.78, 5) is 15.4. The third-order valence-corrected chi connectivity index (χ3v) is 8.34. The van der Waals surface area contributed by atoms with Crippen molar-refractivity contribution in [1.82, 2.24) is 10.2 Å². The molecule has 2 aromatic carbocycles. The average Bonchev–Trinajstić information content (AvgIpc) is 2.85. The Kier molecular flexibility index (Phi) is 9.62. The van der Waals surface area contributed by atoms with Crippen LogP contribution in [-0.4, -0.2) is 66.2 Å². The molecule has 0 atom stereocenters. The molecule has 1 fully saturated rings. The van der Waals surface area contributed by atoms with E-state index < -0.39 is 10.0 Å². The SMILES string of the molecule is COc1ccc(S(=O)(=O)N(CC(=O)NCCCN2CCC(C)CC2)c2cc(C)cc(C)c2)cc1OC. The average molecular weight is 518 g/mol. The van der Waals surface area contributed by atoms with Gasteiger partial charge in [-0.3, -0.25) is 9.10 Å². The Bertz CT molecular complexity index is 1120. The van der Waals surface area contributed by atoms with Crippen molar-refractivity contribution in [2.45, 2.75) is 44.9 Å². The van der Waals surface area contributed by atoms with Crippen LogP contribution in [0.25, 0.3) is 0 Å². The number of sulfonamides is 1. The van der Waals surface area contributed by atoms with E-state index in [0.717, 1.165) is 47.4 Å². The molecular weight excluding hydrogens is 478 g/mol. The number of carbonyl (C=O) groups excluding carboxylic acids is 1. The molecule has 0 spiro atoms. The molecule has 0 radical (unpaired) electrons. The van der Waals surface area contributed by atoms with Gasteiger partial charge in [-0.15, -0.1) is 0 Å². The second kappa shape index (κ2) is 12.5. The van der Waals surface area contributed by atoms with E-state index in [1.807, 2.05) is 19.9 Å². The summed E-state index contributed by atoms with van der Waals surface area (Å²) < 4.78 is 39.2. The van der Waals surface area contributed by atoms with E-state index >= 15 is 0 Å². The second-order valence-electron chi connectivity index (χ2n) is 9.60. The molecule has 0 saturated carbocycles.